The van der Waals surface area contributed by atoms with Gasteiger partial charge in [-0.25, -0.2) is 10.4 Å². The molecule has 7 heteroatoms. The summed E-state index contributed by atoms with van der Waals surface area (Å²) in [5, 5.41) is 12.7. The van der Waals surface area contributed by atoms with E-state index in [-0.39, 0.29) is 0 Å². The first-order valence-electron chi connectivity index (χ1n) is 8.18. The lowest BCUT2D eigenvalue weighted by molar-refractivity contribution is 0.575. The normalized spacial score (nSPS) is 11.0. The minimum atomic E-state index is 0.303. The van der Waals surface area contributed by atoms with Gasteiger partial charge in [-0.15, -0.1) is 5.10 Å². The molecule has 0 radical (unpaired) electrons. The van der Waals surface area contributed by atoms with Crippen LogP contribution in [0.25, 0.3) is 22.6 Å². The van der Waals surface area contributed by atoms with Crippen molar-refractivity contribution in [2.45, 2.75) is 0 Å². The lowest BCUT2D eigenvalue weighted by Gasteiger charge is -2.01. The Morgan fingerprint density at radius 3 is 2.56 bits per heavy atom. The van der Waals surface area contributed by atoms with Crippen LogP contribution in [0.5, 0.6) is 0 Å². The molecule has 27 heavy (non-hydrogen) atoms. The number of hydrogen-bond acceptors (Lipinski definition) is 6. The fourth-order valence-corrected chi connectivity index (χ4v) is 2.57. The Bertz CT molecular complexity index is 1060. The van der Waals surface area contributed by atoms with Crippen molar-refractivity contribution < 1.29 is 4.42 Å². The topological polar surface area (TPSA) is 76.2 Å². The summed E-state index contributed by atoms with van der Waals surface area (Å²) in [6.45, 7) is 0. The predicted octanol–water partition coefficient (Wildman–Crippen LogP) is 4.90. The van der Waals surface area contributed by atoms with E-state index < -0.39 is 0 Å². The van der Waals surface area contributed by atoms with Gasteiger partial charge in [-0.1, -0.05) is 41.9 Å². The standard InChI is InChI=1S/C20H14ClN5O/c21-16-8-6-15(7-9-16)19-11-10-17(27-19)12-22-25-20-24-18(13-23-26-20)14-4-2-1-3-5-14/h1-13H,(H,24,25,26)/b22-12+. The molecule has 2 heterocycles. The van der Waals surface area contributed by atoms with E-state index in [4.69, 9.17) is 16.0 Å². The van der Waals surface area contributed by atoms with Crippen LogP contribution in [0.15, 0.2) is 82.4 Å². The van der Waals surface area contributed by atoms with E-state index in [9.17, 15) is 0 Å². The summed E-state index contributed by atoms with van der Waals surface area (Å²) >= 11 is 5.90. The van der Waals surface area contributed by atoms with Crippen LogP contribution in [0.3, 0.4) is 0 Å². The van der Waals surface area contributed by atoms with Crippen LogP contribution in [0, 0.1) is 0 Å². The van der Waals surface area contributed by atoms with Crippen LogP contribution in [0.1, 0.15) is 5.76 Å². The minimum absolute atomic E-state index is 0.303. The third-order valence-corrected chi connectivity index (χ3v) is 3.99. The maximum Gasteiger partial charge on any atom is 0.263 e. The molecule has 0 saturated heterocycles. The highest BCUT2D eigenvalue weighted by atomic mass is 35.5. The van der Waals surface area contributed by atoms with Crippen LogP contribution in [0.4, 0.5) is 5.95 Å². The minimum Gasteiger partial charge on any atom is -0.455 e. The van der Waals surface area contributed by atoms with E-state index >= 15 is 0 Å². The van der Waals surface area contributed by atoms with E-state index in [2.05, 4.69) is 25.7 Å². The van der Waals surface area contributed by atoms with Gasteiger partial charge in [0.05, 0.1) is 18.1 Å². The number of furan rings is 1. The van der Waals surface area contributed by atoms with Crippen LogP contribution in [-0.4, -0.2) is 21.4 Å². The third-order valence-electron chi connectivity index (χ3n) is 3.74. The molecule has 4 rings (SSSR count). The molecule has 0 aliphatic carbocycles. The Labute approximate surface area is 160 Å². The number of rotatable bonds is 5. The van der Waals surface area contributed by atoms with Crippen LogP contribution in [-0.2, 0) is 0 Å². The van der Waals surface area contributed by atoms with Crippen LogP contribution >= 0.6 is 11.6 Å². The average Bonchev–Trinajstić information content (AvgIpc) is 3.18. The summed E-state index contributed by atoms with van der Waals surface area (Å²) < 4.78 is 5.75. The highest BCUT2D eigenvalue weighted by Gasteiger charge is 2.04. The van der Waals surface area contributed by atoms with Gasteiger partial charge < -0.3 is 4.42 Å². The van der Waals surface area contributed by atoms with Gasteiger partial charge in [-0.05, 0) is 36.4 Å². The fourth-order valence-electron chi connectivity index (χ4n) is 2.44. The van der Waals surface area contributed by atoms with Gasteiger partial charge in [0.15, 0.2) is 0 Å². The second kappa shape index (κ2) is 7.80. The lowest BCUT2D eigenvalue weighted by Crippen LogP contribution is -1.99. The molecular weight excluding hydrogens is 362 g/mol. The Balaban J connectivity index is 1.45. The Morgan fingerprint density at radius 2 is 1.74 bits per heavy atom. The number of anilines is 1. The van der Waals surface area contributed by atoms with Crippen LogP contribution < -0.4 is 5.43 Å². The smallest absolute Gasteiger partial charge is 0.263 e. The second-order valence-electron chi connectivity index (χ2n) is 5.61. The molecular formula is C20H14ClN5O. The van der Waals surface area contributed by atoms with E-state index in [1.165, 1.54) is 0 Å². The summed E-state index contributed by atoms with van der Waals surface area (Å²) in [5.74, 6) is 1.63. The van der Waals surface area contributed by atoms with Gasteiger partial charge in [0, 0.05) is 16.1 Å². The van der Waals surface area contributed by atoms with Gasteiger partial charge in [0.2, 0.25) is 0 Å². The number of hydrazone groups is 1. The second-order valence-corrected chi connectivity index (χ2v) is 6.05. The molecule has 4 aromatic rings. The molecule has 0 atom stereocenters. The summed E-state index contributed by atoms with van der Waals surface area (Å²) in [6, 6.07) is 20.9. The van der Waals surface area contributed by atoms with Gasteiger partial charge in [-0.2, -0.15) is 10.2 Å². The number of nitrogens with one attached hydrogen (secondary N) is 1. The Morgan fingerprint density at radius 1 is 0.926 bits per heavy atom. The number of aromatic nitrogens is 3. The first kappa shape index (κ1) is 16.9. The SMILES string of the molecule is Clc1ccc(-c2ccc(/C=N/Nc3nncc(-c4ccccc4)n3)o2)cc1. The van der Waals surface area contributed by atoms with Crippen molar-refractivity contribution in [2.24, 2.45) is 5.10 Å². The Kier molecular flexibility index (Phi) is 4.89. The number of benzene rings is 2. The molecule has 2 aromatic carbocycles. The van der Waals surface area contributed by atoms with Crippen molar-refractivity contribution in [3.63, 3.8) is 0 Å². The Hall–Kier alpha value is -3.51. The molecule has 0 amide bonds. The summed E-state index contributed by atoms with van der Waals surface area (Å²) in [7, 11) is 0. The highest BCUT2D eigenvalue weighted by Crippen LogP contribution is 2.23. The molecule has 2 aromatic heterocycles. The summed E-state index contributed by atoms with van der Waals surface area (Å²) in [4.78, 5) is 4.39. The summed E-state index contributed by atoms with van der Waals surface area (Å²) in [5.41, 5.74) is 5.38. The molecule has 0 unspecified atom stereocenters. The molecule has 0 saturated carbocycles. The van der Waals surface area contributed by atoms with Crippen molar-refractivity contribution in [2.75, 3.05) is 5.43 Å². The van der Waals surface area contributed by atoms with Gasteiger partial charge in [0.1, 0.15) is 11.5 Å². The third kappa shape index (κ3) is 4.19. The molecule has 1 N–H and O–H groups in total. The van der Waals surface area contributed by atoms with Crippen molar-refractivity contribution in [1.82, 2.24) is 15.2 Å². The monoisotopic (exact) mass is 375 g/mol. The maximum atomic E-state index is 5.90. The van der Waals surface area contributed by atoms with Crippen molar-refractivity contribution in [3.8, 4) is 22.6 Å². The first-order valence-corrected chi connectivity index (χ1v) is 8.56. The van der Waals surface area contributed by atoms with Crippen molar-refractivity contribution >= 4 is 23.8 Å². The first-order chi connectivity index (χ1) is 13.3. The fraction of sp³-hybridized carbons (Fsp3) is 0. The quantitative estimate of drug-likeness (QED) is 0.396. The molecule has 132 valence electrons. The molecule has 0 aliphatic heterocycles. The number of halogens is 1. The van der Waals surface area contributed by atoms with E-state index in [0.717, 1.165) is 16.9 Å². The molecule has 0 bridgehead atoms. The van der Waals surface area contributed by atoms with E-state index in [1.54, 1.807) is 12.4 Å². The van der Waals surface area contributed by atoms with Crippen LogP contribution in [0.2, 0.25) is 5.02 Å². The maximum absolute atomic E-state index is 5.90. The van der Waals surface area contributed by atoms with E-state index in [0.29, 0.717) is 22.4 Å². The molecule has 6 nitrogen and oxygen atoms in total. The largest absolute Gasteiger partial charge is 0.455 e. The summed E-state index contributed by atoms with van der Waals surface area (Å²) in [6.07, 6.45) is 3.16. The number of nitrogens with zero attached hydrogens (tertiary/aromatic N) is 4. The van der Waals surface area contributed by atoms with Crippen molar-refractivity contribution in [3.05, 3.63) is 83.7 Å². The lowest BCUT2D eigenvalue weighted by atomic mass is 10.2. The zero-order valence-corrected chi connectivity index (χ0v) is 14.8. The highest BCUT2D eigenvalue weighted by molar-refractivity contribution is 6.30. The molecule has 0 spiro atoms. The van der Waals surface area contributed by atoms with Gasteiger partial charge >= 0.3 is 0 Å². The number of hydrogen-bond donors (Lipinski definition) is 1. The molecule has 0 aliphatic rings. The molecule has 0 fully saturated rings. The zero-order chi connectivity index (χ0) is 18.5. The van der Waals surface area contributed by atoms with Crippen molar-refractivity contribution in [1.29, 1.82) is 0 Å². The predicted molar refractivity (Wildman–Crippen MR) is 106 cm³/mol. The average molecular weight is 376 g/mol. The van der Waals surface area contributed by atoms with Gasteiger partial charge in [-0.3, -0.25) is 0 Å². The van der Waals surface area contributed by atoms with E-state index in [1.807, 2.05) is 66.7 Å². The van der Waals surface area contributed by atoms with Gasteiger partial charge in [0.25, 0.3) is 5.95 Å². The zero-order valence-electron chi connectivity index (χ0n) is 14.1.